The third-order valence-corrected chi connectivity index (χ3v) is 5.83. The Kier molecular flexibility index (Phi) is 3.94. The van der Waals surface area contributed by atoms with Crippen molar-refractivity contribution in [2.45, 2.75) is 26.2 Å². The first-order valence-corrected chi connectivity index (χ1v) is 8.95. The molecule has 1 saturated carbocycles. The second kappa shape index (κ2) is 6.14. The van der Waals surface area contributed by atoms with Crippen molar-refractivity contribution in [3.63, 3.8) is 0 Å². The normalized spacial score (nSPS) is 29.9. The maximum absolute atomic E-state index is 12.7. The van der Waals surface area contributed by atoms with Gasteiger partial charge in [0.05, 0.1) is 11.8 Å². The van der Waals surface area contributed by atoms with Crippen LogP contribution in [0.5, 0.6) is 0 Å². The summed E-state index contributed by atoms with van der Waals surface area (Å²) >= 11 is 0. The summed E-state index contributed by atoms with van der Waals surface area (Å²) in [4.78, 5) is 39.0. The summed E-state index contributed by atoms with van der Waals surface area (Å²) in [6.07, 6.45) is 6.32. The number of nitrogens with one attached hydrogen (secondary N) is 1. The molecule has 0 aromatic heterocycles. The first kappa shape index (κ1) is 16.1. The van der Waals surface area contributed by atoms with Gasteiger partial charge in [0.2, 0.25) is 17.7 Å². The van der Waals surface area contributed by atoms with Crippen molar-refractivity contribution in [3.8, 4) is 0 Å². The zero-order valence-electron chi connectivity index (χ0n) is 14.3. The number of amides is 3. The minimum Gasteiger partial charge on any atom is -0.326 e. The number of likely N-dealkylation sites (tertiary alicyclic amines) is 1. The predicted octanol–water partition coefficient (Wildman–Crippen LogP) is 2.52. The molecular weight excluding hydrogens is 316 g/mol. The number of nitrogens with zero attached hydrogens (tertiary/aromatic N) is 1. The summed E-state index contributed by atoms with van der Waals surface area (Å²) in [5.74, 6) is -0.359. The number of allylic oxidation sites excluding steroid dienone is 2. The van der Waals surface area contributed by atoms with E-state index < -0.39 is 0 Å². The number of fused-ring (bicyclic) bond motifs is 1. The number of hydrogen-bond acceptors (Lipinski definition) is 3. The molecule has 0 spiro atoms. The van der Waals surface area contributed by atoms with Crippen molar-refractivity contribution in [1.82, 2.24) is 4.90 Å². The monoisotopic (exact) mass is 338 g/mol. The number of anilines is 1. The Morgan fingerprint density at radius 3 is 2.24 bits per heavy atom. The molecule has 2 fully saturated rings. The van der Waals surface area contributed by atoms with Gasteiger partial charge in [-0.1, -0.05) is 30.4 Å². The Hall–Kier alpha value is -2.43. The molecule has 1 aliphatic heterocycles. The highest BCUT2D eigenvalue weighted by Gasteiger charge is 2.56. The summed E-state index contributed by atoms with van der Waals surface area (Å²) in [6.45, 7) is 2.10. The van der Waals surface area contributed by atoms with E-state index in [-0.39, 0.29) is 54.4 Å². The lowest BCUT2D eigenvalue weighted by atomic mass is 9.63. The van der Waals surface area contributed by atoms with Gasteiger partial charge in [-0.05, 0) is 43.2 Å². The van der Waals surface area contributed by atoms with Crippen molar-refractivity contribution in [2.24, 2.45) is 23.7 Å². The fourth-order valence-electron chi connectivity index (χ4n) is 4.50. The molecule has 25 heavy (non-hydrogen) atoms. The Morgan fingerprint density at radius 2 is 1.68 bits per heavy atom. The summed E-state index contributed by atoms with van der Waals surface area (Å²) in [6, 6.07) is 7.55. The molecular formula is C20H22N2O3. The third-order valence-electron chi connectivity index (χ3n) is 5.83. The van der Waals surface area contributed by atoms with Crippen LogP contribution in [0, 0.1) is 30.6 Å². The molecule has 0 unspecified atom stereocenters. The zero-order chi connectivity index (χ0) is 17.6. The first-order chi connectivity index (χ1) is 12.1. The molecule has 5 heteroatoms. The molecule has 1 N–H and O–H groups in total. The Morgan fingerprint density at radius 1 is 1.08 bits per heavy atom. The molecule has 4 aliphatic rings. The van der Waals surface area contributed by atoms with Crippen LogP contribution >= 0.6 is 0 Å². The maximum atomic E-state index is 12.7. The number of aryl methyl sites for hydroxylation is 1. The van der Waals surface area contributed by atoms with Gasteiger partial charge in [0.15, 0.2) is 0 Å². The van der Waals surface area contributed by atoms with Gasteiger partial charge in [-0.25, -0.2) is 0 Å². The molecule has 1 aromatic carbocycles. The number of hydrogen-bond donors (Lipinski definition) is 1. The highest BCUT2D eigenvalue weighted by Crippen LogP contribution is 2.49. The molecule has 130 valence electrons. The van der Waals surface area contributed by atoms with E-state index in [4.69, 9.17) is 0 Å². The van der Waals surface area contributed by atoms with E-state index in [0.29, 0.717) is 0 Å². The van der Waals surface area contributed by atoms with Gasteiger partial charge in [0.25, 0.3) is 0 Å². The second-order valence-electron chi connectivity index (χ2n) is 7.28. The van der Waals surface area contributed by atoms with E-state index in [1.165, 1.54) is 4.90 Å². The lowest BCUT2D eigenvalue weighted by Crippen LogP contribution is -2.38. The lowest BCUT2D eigenvalue weighted by molar-refractivity contribution is -0.140. The van der Waals surface area contributed by atoms with E-state index in [0.717, 1.165) is 24.1 Å². The van der Waals surface area contributed by atoms with Crippen molar-refractivity contribution < 1.29 is 14.4 Å². The molecule has 1 heterocycles. The van der Waals surface area contributed by atoms with Gasteiger partial charge in [-0.3, -0.25) is 19.3 Å². The largest absolute Gasteiger partial charge is 0.326 e. The van der Waals surface area contributed by atoms with Gasteiger partial charge < -0.3 is 5.32 Å². The van der Waals surface area contributed by atoms with E-state index >= 15 is 0 Å². The fourth-order valence-corrected chi connectivity index (χ4v) is 4.50. The van der Waals surface area contributed by atoms with Crippen LogP contribution in [-0.2, 0) is 14.4 Å². The Bertz CT molecular complexity index is 738. The number of carbonyl (C=O) groups is 3. The molecule has 5 rings (SSSR count). The van der Waals surface area contributed by atoms with Crippen LogP contribution in [0.15, 0.2) is 36.4 Å². The minimum absolute atomic E-state index is 0.0854. The van der Waals surface area contributed by atoms with Crippen molar-refractivity contribution in [2.75, 3.05) is 11.9 Å². The topological polar surface area (TPSA) is 66.5 Å². The predicted molar refractivity (Wildman–Crippen MR) is 93.5 cm³/mol. The lowest BCUT2D eigenvalue weighted by Gasteiger charge is -2.38. The number of benzene rings is 1. The first-order valence-electron chi connectivity index (χ1n) is 8.95. The van der Waals surface area contributed by atoms with Crippen LogP contribution in [-0.4, -0.2) is 29.2 Å². The third kappa shape index (κ3) is 2.68. The van der Waals surface area contributed by atoms with E-state index in [1.54, 1.807) is 0 Å². The number of rotatable bonds is 4. The molecule has 3 amide bonds. The maximum Gasteiger partial charge on any atom is 0.233 e. The smallest absolute Gasteiger partial charge is 0.233 e. The highest BCUT2D eigenvalue weighted by atomic mass is 16.2. The van der Waals surface area contributed by atoms with Crippen LogP contribution in [0.25, 0.3) is 0 Å². The number of carbonyl (C=O) groups excluding carboxylic acids is 3. The number of para-hydroxylation sites is 1. The van der Waals surface area contributed by atoms with Gasteiger partial charge in [-0.2, -0.15) is 0 Å². The molecule has 3 aliphatic carbocycles. The fraction of sp³-hybridized carbons (Fsp3) is 0.450. The zero-order valence-corrected chi connectivity index (χ0v) is 14.3. The summed E-state index contributed by atoms with van der Waals surface area (Å²) in [5, 5.41) is 2.86. The molecule has 2 bridgehead atoms. The molecule has 0 radical (unpaired) electrons. The van der Waals surface area contributed by atoms with Gasteiger partial charge in [-0.15, -0.1) is 0 Å². The van der Waals surface area contributed by atoms with E-state index in [1.807, 2.05) is 31.2 Å². The SMILES string of the molecule is Cc1ccccc1NC(=O)CCN1C(=O)[C@@H]2[C@@H](C1=O)[C@H]1C=C[C@H]2CC1. The number of imide groups is 1. The minimum atomic E-state index is -0.198. The molecule has 4 atom stereocenters. The Balaban J connectivity index is 1.40. The van der Waals surface area contributed by atoms with Gasteiger partial charge in [0, 0.05) is 18.7 Å². The highest BCUT2D eigenvalue weighted by molar-refractivity contribution is 6.06. The average Bonchev–Trinajstić information content (AvgIpc) is 2.89. The summed E-state index contributed by atoms with van der Waals surface area (Å²) in [5.41, 5.74) is 1.75. The molecule has 5 nitrogen and oxygen atoms in total. The standard InChI is InChI=1S/C20H22N2O3/c1-12-4-2-3-5-15(12)21-16(23)10-11-22-19(24)17-13-6-7-14(9-8-13)18(17)20(22)25/h2-7,13-14,17-18H,8-11H2,1H3,(H,21,23)/t13-,14-,17-,18-/m0/s1. The van der Waals surface area contributed by atoms with Crippen LogP contribution in [0.3, 0.4) is 0 Å². The molecule has 1 saturated heterocycles. The van der Waals surface area contributed by atoms with Crippen molar-refractivity contribution in [1.29, 1.82) is 0 Å². The van der Waals surface area contributed by atoms with Crippen molar-refractivity contribution in [3.05, 3.63) is 42.0 Å². The van der Waals surface area contributed by atoms with E-state index in [2.05, 4.69) is 17.5 Å². The quantitative estimate of drug-likeness (QED) is 0.678. The Labute approximate surface area is 147 Å². The van der Waals surface area contributed by atoms with E-state index in [9.17, 15) is 14.4 Å². The van der Waals surface area contributed by atoms with Gasteiger partial charge in [0.1, 0.15) is 0 Å². The van der Waals surface area contributed by atoms with Crippen molar-refractivity contribution >= 4 is 23.4 Å². The van der Waals surface area contributed by atoms with Gasteiger partial charge >= 0.3 is 0 Å². The van der Waals surface area contributed by atoms with Crippen LogP contribution in [0.2, 0.25) is 0 Å². The van der Waals surface area contributed by atoms with Crippen LogP contribution in [0.1, 0.15) is 24.8 Å². The summed E-state index contributed by atoms with van der Waals surface area (Å²) in [7, 11) is 0. The molecule has 1 aromatic rings. The average molecular weight is 338 g/mol. The summed E-state index contributed by atoms with van der Waals surface area (Å²) < 4.78 is 0. The van der Waals surface area contributed by atoms with Crippen LogP contribution in [0.4, 0.5) is 5.69 Å². The second-order valence-corrected chi connectivity index (χ2v) is 7.28. The van der Waals surface area contributed by atoms with Crippen LogP contribution < -0.4 is 5.32 Å².